The molecule has 1 aliphatic rings. The first kappa shape index (κ1) is 13.5. The summed E-state index contributed by atoms with van der Waals surface area (Å²) in [5.41, 5.74) is 3.95. The number of hydrogen-bond donors (Lipinski definition) is 1. The number of fused-ring (bicyclic) bond motifs is 1. The summed E-state index contributed by atoms with van der Waals surface area (Å²) in [5, 5.41) is 2.87. The van der Waals surface area contributed by atoms with Gasteiger partial charge in [0, 0.05) is 24.4 Å². The van der Waals surface area contributed by atoms with Gasteiger partial charge in [0.2, 0.25) is 5.88 Å². The maximum absolute atomic E-state index is 11.8. The average Bonchev–Trinajstić information content (AvgIpc) is 2.98. The van der Waals surface area contributed by atoms with Crippen molar-refractivity contribution >= 4 is 5.91 Å². The van der Waals surface area contributed by atoms with Gasteiger partial charge in [0.1, 0.15) is 5.75 Å². The van der Waals surface area contributed by atoms with Gasteiger partial charge >= 0.3 is 0 Å². The molecule has 3 aromatic rings. The van der Waals surface area contributed by atoms with Crippen LogP contribution >= 0.6 is 0 Å². The lowest BCUT2D eigenvalue weighted by Gasteiger charge is -2.09. The van der Waals surface area contributed by atoms with Crippen molar-refractivity contribution in [2.24, 2.45) is 0 Å². The normalized spacial score (nSPS) is 12.6. The van der Waals surface area contributed by atoms with Gasteiger partial charge in [0.25, 0.3) is 5.91 Å². The predicted molar refractivity (Wildman–Crippen MR) is 87.4 cm³/mol. The monoisotopic (exact) mass is 302 g/mol. The van der Waals surface area contributed by atoms with E-state index in [1.165, 1.54) is 0 Å². The largest absolute Gasteiger partial charge is 0.439 e. The number of carbonyl (C=O) groups is 1. The van der Waals surface area contributed by atoms with Crippen LogP contribution in [0.5, 0.6) is 11.6 Å². The summed E-state index contributed by atoms with van der Waals surface area (Å²) in [5.74, 6) is 1.29. The molecule has 0 unspecified atom stereocenters. The third-order valence-corrected chi connectivity index (χ3v) is 3.87. The van der Waals surface area contributed by atoms with Crippen molar-refractivity contribution < 1.29 is 9.53 Å². The van der Waals surface area contributed by atoms with Gasteiger partial charge in [-0.1, -0.05) is 30.3 Å². The molecule has 4 nitrogen and oxygen atoms in total. The van der Waals surface area contributed by atoms with Gasteiger partial charge in [-0.3, -0.25) is 4.79 Å². The molecule has 0 bridgehead atoms. The second-order valence-corrected chi connectivity index (χ2v) is 5.31. The van der Waals surface area contributed by atoms with Gasteiger partial charge in [-0.15, -0.1) is 0 Å². The number of carbonyl (C=O) groups excluding carboxylic acids is 1. The van der Waals surface area contributed by atoms with E-state index in [-0.39, 0.29) is 5.91 Å². The Kier molecular flexibility index (Phi) is 3.27. The molecule has 2 heterocycles. The lowest BCUT2D eigenvalue weighted by Crippen LogP contribution is -2.12. The van der Waals surface area contributed by atoms with Gasteiger partial charge in [-0.25, -0.2) is 4.98 Å². The fraction of sp³-hybridized carbons (Fsp3) is 0.0526. The van der Waals surface area contributed by atoms with E-state index in [4.69, 9.17) is 4.74 Å². The number of ether oxygens (including phenoxy) is 1. The number of benzene rings is 2. The van der Waals surface area contributed by atoms with E-state index < -0.39 is 0 Å². The molecular weight excluding hydrogens is 288 g/mol. The Labute approximate surface area is 133 Å². The zero-order valence-corrected chi connectivity index (χ0v) is 12.3. The topological polar surface area (TPSA) is 51.2 Å². The molecule has 112 valence electrons. The predicted octanol–water partition coefficient (Wildman–Crippen LogP) is 3.78. The van der Waals surface area contributed by atoms with E-state index in [0.717, 1.165) is 28.0 Å². The van der Waals surface area contributed by atoms with Crippen LogP contribution in [0.25, 0.3) is 11.1 Å². The van der Waals surface area contributed by atoms with Crippen molar-refractivity contribution in [3.05, 3.63) is 78.0 Å². The average molecular weight is 302 g/mol. The Hall–Kier alpha value is -3.14. The van der Waals surface area contributed by atoms with Gasteiger partial charge < -0.3 is 10.1 Å². The van der Waals surface area contributed by atoms with Crippen molar-refractivity contribution in [1.82, 2.24) is 10.3 Å². The molecule has 0 atom stereocenters. The van der Waals surface area contributed by atoms with E-state index in [1.807, 2.05) is 60.7 Å². The van der Waals surface area contributed by atoms with Crippen molar-refractivity contribution in [1.29, 1.82) is 0 Å². The van der Waals surface area contributed by atoms with Gasteiger partial charge in [-0.05, 0) is 41.0 Å². The Balaban J connectivity index is 1.63. The molecule has 4 rings (SSSR count). The van der Waals surface area contributed by atoms with Gasteiger partial charge in [-0.2, -0.15) is 0 Å². The molecule has 0 radical (unpaired) electrons. The van der Waals surface area contributed by atoms with Crippen LogP contribution < -0.4 is 10.1 Å². The van der Waals surface area contributed by atoms with Gasteiger partial charge in [0.05, 0.1) is 0 Å². The van der Waals surface area contributed by atoms with E-state index in [0.29, 0.717) is 12.4 Å². The van der Waals surface area contributed by atoms with Crippen molar-refractivity contribution in [3.63, 3.8) is 0 Å². The molecule has 1 amide bonds. The fourth-order valence-corrected chi connectivity index (χ4v) is 2.76. The van der Waals surface area contributed by atoms with Crippen LogP contribution in [0.2, 0.25) is 0 Å². The standard InChI is InChI=1S/C19H14N2O2/c22-19-16-5-3-4-15(17(16)12-21-19)13-7-9-14(10-8-13)23-18-6-1-2-11-20-18/h1-11H,12H2,(H,21,22). The summed E-state index contributed by atoms with van der Waals surface area (Å²) >= 11 is 0. The lowest BCUT2D eigenvalue weighted by molar-refractivity contribution is 0.0966. The van der Waals surface area contributed by atoms with Crippen LogP contribution in [0.4, 0.5) is 0 Å². The molecule has 0 spiro atoms. The Morgan fingerprint density at radius 2 is 1.74 bits per heavy atom. The highest BCUT2D eigenvalue weighted by atomic mass is 16.5. The maximum atomic E-state index is 11.8. The van der Waals surface area contributed by atoms with E-state index in [2.05, 4.69) is 10.3 Å². The molecular formula is C19H14N2O2. The fourth-order valence-electron chi connectivity index (χ4n) is 2.76. The van der Waals surface area contributed by atoms with Crippen LogP contribution in [0.3, 0.4) is 0 Å². The minimum Gasteiger partial charge on any atom is -0.439 e. The zero-order chi connectivity index (χ0) is 15.6. The van der Waals surface area contributed by atoms with Crippen molar-refractivity contribution in [2.45, 2.75) is 6.54 Å². The van der Waals surface area contributed by atoms with Crippen LogP contribution in [0.15, 0.2) is 66.9 Å². The molecule has 0 aliphatic carbocycles. The van der Waals surface area contributed by atoms with Crippen LogP contribution in [-0.2, 0) is 6.54 Å². The lowest BCUT2D eigenvalue weighted by atomic mass is 9.97. The molecule has 0 saturated carbocycles. The summed E-state index contributed by atoms with van der Waals surface area (Å²) in [6.07, 6.45) is 1.70. The molecule has 4 heteroatoms. The number of hydrogen-bond acceptors (Lipinski definition) is 3. The second-order valence-electron chi connectivity index (χ2n) is 5.31. The second kappa shape index (κ2) is 5.57. The molecule has 23 heavy (non-hydrogen) atoms. The van der Waals surface area contributed by atoms with Gasteiger partial charge in [0.15, 0.2) is 0 Å². The number of aromatic nitrogens is 1. The van der Waals surface area contributed by atoms with Crippen LogP contribution in [-0.4, -0.2) is 10.9 Å². The first-order valence-corrected chi connectivity index (χ1v) is 7.41. The summed E-state index contributed by atoms with van der Waals surface area (Å²) < 4.78 is 5.70. The highest BCUT2D eigenvalue weighted by Crippen LogP contribution is 2.31. The summed E-state index contributed by atoms with van der Waals surface area (Å²) in [7, 11) is 0. The number of rotatable bonds is 3. The number of nitrogens with one attached hydrogen (secondary N) is 1. The van der Waals surface area contributed by atoms with Crippen molar-refractivity contribution in [2.75, 3.05) is 0 Å². The zero-order valence-electron chi connectivity index (χ0n) is 12.3. The maximum Gasteiger partial charge on any atom is 0.251 e. The number of pyridine rings is 1. The number of nitrogens with zero attached hydrogens (tertiary/aromatic N) is 1. The molecule has 2 aromatic carbocycles. The third kappa shape index (κ3) is 2.55. The summed E-state index contributed by atoms with van der Waals surface area (Å²) in [6.45, 7) is 0.580. The third-order valence-electron chi connectivity index (χ3n) is 3.87. The highest BCUT2D eigenvalue weighted by molar-refractivity contribution is 6.00. The van der Waals surface area contributed by atoms with E-state index in [1.54, 1.807) is 6.20 Å². The SMILES string of the molecule is O=C1NCc2c1cccc2-c1ccc(Oc2ccccn2)cc1. The molecule has 0 saturated heterocycles. The smallest absolute Gasteiger partial charge is 0.251 e. The van der Waals surface area contributed by atoms with E-state index >= 15 is 0 Å². The van der Waals surface area contributed by atoms with Crippen molar-refractivity contribution in [3.8, 4) is 22.8 Å². The summed E-state index contributed by atoms with van der Waals surface area (Å²) in [4.78, 5) is 15.9. The van der Waals surface area contributed by atoms with E-state index in [9.17, 15) is 4.79 Å². The molecule has 1 aromatic heterocycles. The first-order valence-electron chi connectivity index (χ1n) is 7.41. The molecule has 0 fully saturated rings. The number of amides is 1. The van der Waals surface area contributed by atoms with Crippen LogP contribution in [0, 0.1) is 0 Å². The van der Waals surface area contributed by atoms with Crippen LogP contribution in [0.1, 0.15) is 15.9 Å². The Morgan fingerprint density at radius 1 is 0.913 bits per heavy atom. The summed E-state index contributed by atoms with van der Waals surface area (Å²) in [6, 6.07) is 19.2. The molecule has 1 aliphatic heterocycles. The minimum atomic E-state index is -0.00282. The Bertz CT molecular complexity index is 858. The Morgan fingerprint density at radius 3 is 2.52 bits per heavy atom. The minimum absolute atomic E-state index is 0.00282. The molecule has 1 N–H and O–H groups in total. The first-order chi connectivity index (χ1) is 11.3. The highest BCUT2D eigenvalue weighted by Gasteiger charge is 2.21. The quantitative estimate of drug-likeness (QED) is 0.801.